The minimum Gasteiger partial charge on any atom is -0.370 e. The fraction of sp³-hybridized carbons (Fsp3) is 0.700. The summed E-state index contributed by atoms with van der Waals surface area (Å²) >= 11 is 0. The van der Waals surface area contributed by atoms with Crippen molar-refractivity contribution in [3.63, 3.8) is 0 Å². The summed E-state index contributed by atoms with van der Waals surface area (Å²) in [6.07, 6.45) is 5.33. The number of aliphatic imine (C=N–C) groups is 1. The minimum absolute atomic E-state index is 0.953. The fourth-order valence-corrected chi connectivity index (χ4v) is 1.94. The second-order valence-corrected chi connectivity index (χ2v) is 3.67. The third-order valence-electron chi connectivity index (χ3n) is 2.77. The van der Waals surface area contributed by atoms with Gasteiger partial charge >= 0.3 is 0 Å². The first-order valence-corrected chi connectivity index (χ1v) is 4.81. The number of hydrogen-bond donors (Lipinski definition) is 1. The molecule has 0 aromatic heterocycles. The highest BCUT2D eigenvalue weighted by molar-refractivity contribution is 5.80. The van der Waals surface area contributed by atoms with E-state index in [0.717, 1.165) is 18.9 Å². The van der Waals surface area contributed by atoms with Crippen LogP contribution in [-0.2, 0) is 0 Å². The summed E-state index contributed by atoms with van der Waals surface area (Å²) in [5, 5.41) is 3.34. The molecule has 0 aromatic carbocycles. The van der Waals surface area contributed by atoms with Crippen molar-refractivity contribution in [3.8, 4) is 0 Å². The van der Waals surface area contributed by atoms with Crippen molar-refractivity contribution >= 4 is 5.84 Å². The van der Waals surface area contributed by atoms with Crippen molar-refractivity contribution in [1.82, 2.24) is 5.32 Å². The Kier molecular flexibility index (Phi) is 2.15. The fourth-order valence-electron chi connectivity index (χ4n) is 1.94. The highest BCUT2D eigenvalue weighted by Crippen LogP contribution is 2.25. The zero-order valence-electron chi connectivity index (χ0n) is 7.69. The molecule has 12 heavy (non-hydrogen) atoms. The van der Waals surface area contributed by atoms with Crippen LogP contribution >= 0.6 is 0 Å². The van der Waals surface area contributed by atoms with Gasteiger partial charge in [-0.05, 0) is 38.2 Å². The lowest BCUT2D eigenvalue weighted by atomic mass is 9.92. The molecule has 66 valence electrons. The smallest absolute Gasteiger partial charge is 0.0938 e. The predicted molar refractivity (Wildman–Crippen MR) is 51.5 cm³/mol. The topological polar surface area (TPSA) is 24.4 Å². The molecule has 0 saturated carbocycles. The summed E-state index contributed by atoms with van der Waals surface area (Å²) in [5.74, 6) is 1.10. The number of amidine groups is 1. The van der Waals surface area contributed by atoms with Crippen LogP contribution in [0.5, 0.6) is 0 Å². The first-order chi connectivity index (χ1) is 5.86. The second-order valence-electron chi connectivity index (χ2n) is 3.67. The molecule has 1 N–H and O–H groups in total. The lowest BCUT2D eigenvalue weighted by Gasteiger charge is -2.17. The van der Waals surface area contributed by atoms with Gasteiger partial charge in [-0.1, -0.05) is 5.57 Å². The molecule has 1 aliphatic heterocycles. The quantitative estimate of drug-likeness (QED) is 0.543. The Labute approximate surface area is 73.8 Å². The van der Waals surface area contributed by atoms with Crippen LogP contribution in [0.3, 0.4) is 0 Å². The van der Waals surface area contributed by atoms with E-state index >= 15 is 0 Å². The molecule has 0 spiro atoms. The van der Waals surface area contributed by atoms with Crippen molar-refractivity contribution in [2.45, 2.75) is 32.6 Å². The number of nitrogens with zero attached hydrogens (tertiary/aromatic N) is 1. The van der Waals surface area contributed by atoms with Gasteiger partial charge in [0.15, 0.2) is 0 Å². The molecule has 2 heteroatoms. The molecule has 2 rings (SSSR count). The third kappa shape index (κ3) is 1.52. The Balaban J connectivity index is 2.15. The number of rotatable bonds is 0. The monoisotopic (exact) mass is 164 g/mol. The van der Waals surface area contributed by atoms with Gasteiger partial charge in [0.05, 0.1) is 12.4 Å². The minimum atomic E-state index is 0.953. The third-order valence-corrected chi connectivity index (χ3v) is 2.77. The molecule has 0 fully saturated rings. The Morgan fingerprint density at radius 3 is 2.75 bits per heavy atom. The summed E-state index contributed by atoms with van der Waals surface area (Å²) in [6.45, 7) is 4.05. The summed E-state index contributed by atoms with van der Waals surface area (Å²) in [6, 6.07) is 0. The van der Waals surface area contributed by atoms with E-state index in [1.54, 1.807) is 11.1 Å². The van der Waals surface area contributed by atoms with Crippen LogP contribution in [0, 0.1) is 0 Å². The summed E-state index contributed by atoms with van der Waals surface area (Å²) < 4.78 is 0. The van der Waals surface area contributed by atoms with E-state index in [2.05, 4.69) is 17.2 Å². The molecular formula is C10H16N2. The van der Waals surface area contributed by atoms with Gasteiger partial charge in [-0.15, -0.1) is 0 Å². The van der Waals surface area contributed by atoms with Crippen LogP contribution in [0.15, 0.2) is 16.1 Å². The van der Waals surface area contributed by atoms with Gasteiger partial charge in [-0.2, -0.15) is 0 Å². The lowest BCUT2D eigenvalue weighted by Crippen LogP contribution is -2.22. The molecule has 0 aromatic rings. The normalized spacial score (nSPS) is 23.9. The van der Waals surface area contributed by atoms with E-state index in [0.29, 0.717) is 0 Å². The summed E-state index contributed by atoms with van der Waals surface area (Å²) in [5.41, 5.74) is 3.23. The van der Waals surface area contributed by atoms with Crippen molar-refractivity contribution < 1.29 is 0 Å². The lowest BCUT2D eigenvalue weighted by molar-refractivity contribution is 0.652. The van der Waals surface area contributed by atoms with Crippen LogP contribution in [0.1, 0.15) is 32.6 Å². The van der Waals surface area contributed by atoms with Crippen LogP contribution in [0.4, 0.5) is 0 Å². The van der Waals surface area contributed by atoms with Crippen LogP contribution < -0.4 is 5.32 Å². The molecule has 0 unspecified atom stereocenters. The maximum absolute atomic E-state index is 4.46. The van der Waals surface area contributed by atoms with Crippen molar-refractivity contribution in [2.24, 2.45) is 4.99 Å². The molecule has 0 atom stereocenters. The van der Waals surface area contributed by atoms with Crippen molar-refractivity contribution in [1.29, 1.82) is 0 Å². The average Bonchev–Trinajstić information content (AvgIpc) is 2.29. The predicted octanol–water partition coefficient (Wildman–Crippen LogP) is 1.88. The Hall–Kier alpha value is -0.790. The molecule has 0 saturated heterocycles. The first-order valence-electron chi connectivity index (χ1n) is 4.81. The van der Waals surface area contributed by atoms with Crippen molar-refractivity contribution in [3.05, 3.63) is 11.1 Å². The van der Waals surface area contributed by atoms with E-state index < -0.39 is 0 Å². The SMILES string of the molecule is CC1=NCC2=C(CCCC2)CN1. The molecule has 0 bridgehead atoms. The highest BCUT2D eigenvalue weighted by Gasteiger charge is 2.14. The molecule has 0 radical (unpaired) electrons. The summed E-state index contributed by atoms with van der Waals surface area (Å²) in [4.78, 5) is 4.46. The van der Waals surface area contributed by atoms with E-state index in [1.165, 1.54) is 25.7 Å². The zero-order chi connectivity index (χ0) is 8.39. The molecule has 1 aliphatic carbocycles. The largest absolute Gasteiger partial charge is 0.370 e. The van der Waals surface area contributed by atoms with Gasteiger partial charge in [0.25, 0.3) is 0 Å². The van der Waals surface area contributed by atoms with E-state index in [-0.39, 0.29) is 0 Å². The molecule has 0 amide bonds. The summed E-state index contributed by atoms with van der Waals surface area (Å²) in [7, 11) is 0. The molecule has 2 aliphatic rings. The Bertz CT molecular complexity index is 238. The van der Waals surface area contributed by atoms with Gasteiger partial charge < -0.3 is 5.32 Å². The van der Waals surface area contributed by atoms with Gasteiger partial charge in [0.2, 0.25) is 0 Å². The van der Waals surface area contributed by atoms with Gasteiger partial charge in [0, 0.05) is 6.54 Å². The van der Waals surface area contributed by atoms with Gasteiger partial charge in [-0.25, -0.2) is 0 Å². The average molecular weight is 164 g/mol. The van der Waals surface area contributed by atoms with Gasteiger partial charge in [0.1, 0.15) is 0 Å². The highest BCUT2D eigenvalue weighted by atomic mass is 15.0. The van der Waals surface area contributed by atoms with Crippen LogP contribution in [0.25, 0.3) is 0 Å². The van der Waals surface area contributed by atoms with Gasteiger partial charge in [-0.3, -0.25) is 4.99 Å². The van der Waals surface area contributed by atoms with E-state index in [1.807, 2.05) is 0 Å². The standard InChI is InChI=1S/C10H16N2/c1-8-11-6-9-4-2-3-5-10(9)7-12-8/h2-7H2,1H3,(H,11,12). The Morgan fingerprint density at radius 2 is 1.92 bits per heavy atom. The van der Waals surface area contributed by atoms with Crippen molar-refractivity contribution in [2.75, 3.05) is 13.1 Å². The number of hydrogen-bond acceptors (Lipinski definition) is 2. The maximum Gasteiger partial charge on any atom is 0.0938 e. The number of nitrogens with one attached hydrogen (secondary N) is 1. The Morgan fingerprint density at radius 1 is 1.17 bits per heavy atom. The van der Waals surface area contributed by atoms with Crippen LogP contribution in [-0.4, -0.2) is 18.9 Å². The second kappa shape index (κ2) is 3.30. The zero-order valence-corrected chi connectivity index (χ0v) is 7.69. The maximum atomic E-state index is 4.46. The molecule has 2 nitrogen and oxygen atoms in total. The van der Waals surface area contributed by atoms with E-state index in [4.69, 9.17) is 0 Å². The van der Waals surface area contributed by atoms with Crippen LogP contribution in [0.2, 0.25) is 0 Å². The molecular weight excluding hydrogens is 148 g/mol. The molecule has 1 heterocycles. The first kappa shape index (κ1) is 7.84. The van der Waals surface area contributed by atoms with E-state index in [9.17, 15) is 0 Å².